The summed E-state index contributed by atoms with van der Waals surface area (Å²) < 4.78 is 0. The molecule has 144 valence electrons. The van der Waals surface area contributed by atoms with E-state index in [1.54, 1.807) is 11.3 Å². The van der Waals surface area contributed by atoms with Gasteiger partial charge in [0.1, 0.15) is 5.84 Å². The molecule has 1 aromatic carbocycles. The number of likely N-dealkylation sites (tertiary alicyclic amines) is 1. The number of anilines is 1. The number of amidine groups is 1. The van der Waals surface area contributed by atoms with Crippen LogP contribution in [0.5, 0.6) is 0 Å². The Kier molecular flexibility index (Phi) is 5.79. The fourth-order valence-corrected chi connectivity index (χ4v) is 4.99. The number of aryl methyl sites for hydroxylation is 2. The van der Waals surface area contributed by atoms with E-state index in [9.17, 15) is 0 Å². The second-order valence-corrected chi connectivity index (χ2v) is 9.00. The van der Waals surface area contributed by atoms with Gasteiger partial charge in [0.05, 0.1) is 10.6 Å². The third kappa shape index (κ3) is 4.53. The summed E-state index contributed by atoms with van der Waals surface area (Å²) in [5, 5.41) is 0. The lowest BCUT2D eigenvalue weighted by atomic mass is 10.0. The van der Waals surface area contributed by atoms with Crippen molar-refractivity contribution in [3.05, 3.63) is 45.6 Å². The van der Waals surface area contributed by atoms with Crippen LogP contribution in [0.4, 0.5) is 11.4 Å². The van der Waals surface area contributed by atoms with Gasteiger partial charge in [0.15, 0.2) is 0 Å². The fourth-order valence-electron chi connectivity index (χ4n) is 4.22. The SMILES string of the molecule is Cc1ccc(C(N)=Nc2ccc3c(c2)CCCN3CCCN2CCCC2)s1. The molecule has 2 N–H and O–H groups in total. The summed E-state index contributed by atoms with van der Waals surface area (Å²) in [6.45, 7) is 8.25. The van der Waals surface area contributed by atoms with Crippen LogP contribution in [0.25, 0.3) is 0 Å². The zero-order chi connectivity index (χ0) is 18.6. The molecule has 5 heteroatoms. The quantitative estimate of drug-likeness (QED) is 0.597. The first-order chi connectivity index (χ1) is 13.2. The molecule has 3 heterocycles. The molecule has 0 atom stereocenters. The highest BCUT2D eigenvalue weighted by Crippen LogP contribution is 2.31. The lowest BCUT2D eigenvalue weighted by Crippen LogP contribution is -2.32. The Morgan fingerprint density at radius 2 is 1.93 bits per heavy atom. The smallest absolute Gasteiger partial charge is 0.141 e. The number of thiophene rings is 1. The van der Waals surface area contributed by atoms with Crippen molar-refractivity contribution < 1.29 is 0 Å². The summed E-state index contributed by atoms with van der Waals surface area (Å²) in [6, 6.07) is 10.7. The second-order valence-electron chi connectivity index (χ2n) is 7.71. The molecule has 4 rings (SSSR count). The number of aliphatic imine (C=N–C) groups is 1. The highest BCUT2D eigenvalue weighted by Gasteiger charge is 2.18. The highest BCUT2D eigenvalue weighted by molar-refractivity contribution is 7.14. The Bertz CT molecular complexity index is 804. The van der Waals surface area contributed by atoms with Crippen molar-refractivity contribution in [2.24, 2.45) is 10.7 Å². The minimum atomic E-state index is 0.617. The van der Waals surface area contributed by atoms with E-state index < -0.39 is 0 Å². The van der Waals surface area contributed by atoms with E-state index in [1.165, 1.54) is 68.0 Å². The van der Waals surface area contributed by atoms with Gasteiger partial charge in [0.25, 0.3) is 0 Å². The van der Waals surface area contributed by atoms with Crippen molar-refractivity contribution >= 4 is 28.5 Å². The van der Waals surface area contributed by atoms with Crippen molar-refractivity contribution in [1.82, 2.24) is 4.90 Å². The molecule has 0 aliphatic carbocycles. The molecule has 27 heavy (non-hydrogen) atoms. The van der Waals surface area contributed by atoms with Gasteiger partial charge in [-0.3, -0.25) is 0 Å². The predicted molar refractivity (Wildman–Crippen MR) is 117 cm³/mol. The van der Waals surface area contributed by atoms with Gasteiger partial charge in [-0.25, -0.2) is 4.99 Å². The van der Waals surface area contributed by atoms with E-state index in [2.05, 4.69) is 52.0 Å². The van der Waals surface area contributed by atoms with Gasteiger partial charge in [0.2, 0.25) is 0 Å². The van der Waals surface area contributed by atoms with E-state index in [-0.39, 0.29) is 0 Å². The number of rotatable bonds is 6. The minimum absolute atomic E-state index is 0.617. The molecule has 0 spiro atoms. The van der Waals surface area contributed by atoms with Gasteiger partial charge in [-0.05, 0) is 94.6 Å². The summed E-state index contributed by atoms with van der Waals surface area (Å²) in [6.07, 6.45) is 6.38. The van der Waals surface area contributed by atoms with E-state index in [4.69, 9.17) is 5.73 Å². The average Bonchev–Trinajstić information content (AvgIpc) is 3.33. The van der Waals surface area contributed by atoms with Crippen LogP contribution >= 0.6 is 11.3 Å². The Hall–Kier alpha value is -1.85. The van der Waals surface area contributed by atoms with Gasteiger partial charge in [-0.2, -0.15) is 0 Å². The molecule has 0 unspecified atom stereocenters. The highest BCUT2D eigenvalue weighted by atomic mass is 32.1. The molecule has 1 saturated heterocycles. The van der Waals surface area contributed by atoms with Gasteiger partial charge in [0, 0.05) is 23.7 Å². The van der Waals surface area contributed by atoms with Crippen LogP contribution in [0.15, 0.2) is 35.3 Å². The molecule has 2 aromatic rings. The first kappa shape index (κ1) is 18.5. The van der Waals surface area contributed by atoms with Gasteiger partial charge in [-0.15, -0.1) is 11.3 Å². The van der Waals surface area contributed by atoms with Gasteiger partial charge >= 0.3 is 0 Å². The van der Waals surface area contributed by atoms with Gasteiger partial charge in [-0.1, -0.05) is 0 Å². The molecule has 2 aliphatic rings. The molecule has 1 aromatic heterocycles. The Morgan fingerprint density at radius 3 is 2.70 bits per heavy atom. The van der Waals surface area contributed by atoms with E-state index in [0.717, 1.165) is 23.5 Å². The first-order valence-electron chi connectivity index (χ1n) is 10.2. The maximum absolute atomic E-state index is 6.21. The molecule has 0 amide bonds. The zero-order valence-electron chi connectivity index (χ0n) is 16.3. The number of hydrogen-bond acceptors (Lipinski definition) is 4. The summed E-state index contributed by atoms with van der Waals surface area (Å²) >= 11 is 1.70. The second kappa shape index (κ2) is 8.44. The van der Waals surface area contributed by atoms with Crippen LogP contribution in [0, 0.1) is 6.92 Å². The van der Waals surface area contributed by atoms with E-state index in [0.29, 0.717) is 5.84 Å². The van der Waals surface area contributed by atoms with Crippen LogP contribution in [-0.4, -0.2) is 43.5 Å². The zero-order valence-corrected chi connectivity index (χ0v) is 17.1. The van der Waals surface area contributed by atoms with Crippen molar-refractivity contribution in [3.8, 4) is 0 Å². The molecule has 4 nitrogen and oxygen atoms in total. The van der Waals surface area contributed by atoms with Crippen LogP contribution < -0.4 is 10.6 Å². The summed E-state index contributed by atoms with van der Waals surface area (Å²) in [5.74, 6) is 0.617. The molecular formula is C22H30N4S. The maximum atomic E-state index is 6.21. The average molecular weight is 383 g/mol. The van der Waals surface area contributed by atoms with Crippen LogP contribution in [-0.2, 0) is 6.42 Å². The van der Waals surface area contributed by atoms with Crippen LogP contribution in [0.1, 0.15) is 41.0 Å². The number of fused-ring (bicyclic) bond motifs is 1. The third-order valence-electron chi connectivity index (χ3n) is 5.62. The summed E-state index contributed by atoms with van der Waals surface area (Å²) in [7, 11) is 0. The Balaban J connectivity index is 1.43. The van der Waals surface area contributed by atoms with Crippen molar-refractivity contribution in [3.63, 3.8) is 0 Å². The molecule has 1 fully saturated rings. The molecule has 0 radical (unpaired) electrons. The van der Waals surface area contributed by atoms with Crippen LogP contribution in [0.3, 0.4) is 0 Å². The fraction of sp³-hybridized carbons (Fsp3) is 0.500. The number of nitrogens with zero attached hydrogens (tertiary/aromatic N) is 3. The topological polar surface area (TPSA) is 44.9 Å². The molecule has 2 aliphatic heterocycles. The number of benzene rings is 1. The summed E-state index contributed by atoms with van der Waals surface area (Å²) in [5.41, 5.74) is 9.99. The van der Waals surface area contributed by atoms with Crippen molar-refractivity contribution in [1.29, 1.82) is 0 Å². The standard InChI is InChI=1S/C22H30N4S/c1-17-7-10-21(27-17)22(23)24-19-8-9-20-18(16-19)6-4-14-26(20)15-5-13-25-11-2-3-12-25/h7-10,16H,2-6,11-15H2,1H3,(H2,23,24). The lowest BCUT2D eigenvalue weighted by molar-refractivity contribution is 0.334. The van der Waals surface area contributed by atoms with E-state index >= 15 is 0 Å². The molecule has 0 saturated carbocycles. The van der Waals surface area contributed by atoms with Crippen LogP contribution in [0.2, 0.25) is 0 Å². The van der Waals surface area contributed by atoms with Gasteiger partial charge < -0.3 is 15.5 Å². The minimum Gasteiger partial charge on any atom is -0.383 e. The monoisotopic (exact) mass is 382 g/mol. The molecular weight excluding hydrogens is 352 g/mol. The largest absolute Gasteiger partial charge is 0.383 e. The Labute approximate surface area is 166 Å². The first-order valence-corrected chi connectivity index (χ1v) is 11.0. The third-order valence-corrected chi connectivity index (χ3v) is 6.64. The number of nitrogens with two attached hydrogens (primary N) is 1. The lowest BCUT2D eigenvalue weighted by Gasteiger charge is -2.32. The van der Waals surface area contributed by atoms with Crippen molar-refractivity contribution in [2.75, 3.05) is 37.6 Å². The molecule has 0 bridgehead atoms. The normalized spacial score (nSPS) is 18.1. The van der Waals surface area contributed by atoms with Crippen molar-refractivity contribution in [2.45, 2.75) is 39.0 Å². The Morgan fingerprint density at radius 1 is 1.07 bits per heavy atom. The maximum Gasteiger partial charge on any atom is 0.141 e. The van der Waals surface area contributed by atoms with E-state index in [1.807, 2.05) is 0 Å². The number of hydrogen-bond donors (Lipinski definition) is 1. The summed E-state index contributed by atoms with van der Waals surface area (Å²) in [4.78, 5) is 12.2. The predicted octanol–water partition coefficient (Wildman–Crippen LogP) is 4.33.